The summed E-state index contributed by atoms with van der Waals surface area (Å²) in [6, 6.07) is 13.0. The van der Waals surface area contributed by atoms with Gasteiger partial charge >= 0.3 is 5.97 Å². The van der Waals surface area contributed by atoms with E-state index in [0.29, 0.717) is 11.5 Å². The van der Waals surface area contributed by atoms with E-state index in [-0.39, 0.29) is 24.9 Å². The number of amides is 1. The van der Waals surface area contributed by atoms with Crippen LogP contribution in [-0.4, -0.2) is 30.6 Å². The van der Waals surface area contributed by atoms with Crippen LogP contribution in [0.3, 0.4) is 0 Å². The normalized spacial score (nSPS) is 12.0. The molecule has 1 heterocycles. The number of rotatable bonds is 11. The zero-order valence-corrected chi connectivity index (χ0v) is 19.6. The predicted octanol–water partition coefficient (Wildman–Crippen LogP) is 5.54. The number of carboxylic acid groups (broad SMARTS) is 1. The van der Waals surface area contributed by atoms with Gasteiger partial charge in [-0.25, -0.2) is 0 Å². The van der Waals surface area contributed by atoms with E-state index in [9.17, 15) is 9.59 Å². The molecule has 3 N–H and O–H groups in total. The third-order valence-electron chi connectivity index (χ3n) is 6.08. The summed E-state index contributed by atoms with van der Waals surface area (Å²) in [5, 5.41) is 16.0. The topological polar surface area (TPSA) is 101 Å². The van der Waals surface area contributed by atoms with Crippen LogP contribution in [0, 0.1) is 12.8 Å². The SMILES string of the molecule is CCC(CC)C(Nc1ccc(C(=O)NCCC(=O)O)cc1)c1oc2ccc(OC)cc2c1C. The van der Waals surface area contributed by atoms with Gasteiger partial charge in [-0.1, -0.05) is 26.7 Å². The van der Waals surface area contributed by atoms with Gasteiger partial charge in [0.25, 0.3) is 5.91 Å². The Labute approximate surface area is 194 Å². The lowest BCUT2D eigenvalue weighted by Crippen LogP contribution is -2.26. The Morgan fingerprint density at radius 2 is 1.79 bits per heavy atom. The summed E-state index contributed by atoms with van der Waals surface area (Å²) in [4.78, 5) is 22.9. The van der Waals surface area contributed by atoms with Crippen molar-refractivity contribution < 1.29 is 23.8 Å². The Hall–Kier alpha value is -3.48. The molecule has 0 fully saturated rings. The molecule has 0 bridgehead atoms. The number of nitrogens with one attached hydrogen (secondary N) is 2. The van der Waals surface area contributed by atoms with Gasteiger partial charge in [-0.2, -0.15) is 0 Å². The lowest BCUT2D eigenvalue weighted by atomic mass is 9.90. The minimum atomic E-state index is -0.943. The third-order valence-corrected chi connectivity index (χ3v) is 6.08. The highest BCUT2D eigenvalue weighted by Gasteiger charge is 2.27. The largest absolute Gasteiger partial charge is 0.497 e. The molecule has 0 saturated heterocycles. The number of fused-ring (bicyclic) bond motifs is 1. The Bertz CT molecular complexity index is 1100. The number of carbonyl (C=O) groups excluding carboxylic acids is 1. The number of ether oxygens (including phenoxy) is 1. The van der Waals surface area contributed by atoms with E-state index in [1.54, 1.807) is 19.2 Å². The van der Waals surface area contributed by atoms with E-state index in [1.807, 2.05) is 30.3 Å². The molecule has 0 aliphatic rings. The second kappa shape index (κ2) is 10.9. The first-order valence-electron chi connectivity index (χ1n) is 11.3. The molecule has 7 heteroatoms. The molecular formula is C26H32N2O5. The van der Waals surface area contributed by atoms with Crippen molar-refractivity contribution in [2.75, 3.05) is 19.0 Å². The van der Waals surface area contributed by atoms with Gasteiger partial charge < -0.3 is 24.9 Å². The van der Waals surface area contributed by atoms with Crippen LogP contribution in [0.4, 0.5) is 5.69 Å². The Balaban J connectivity index is 1.84. The zero-order chi connectivity index (χ0) is 24.0. The van der Waals surface area contributed by atoms with Crippen molar-refractivity contribution in [3.63, 3.8) is 0 Å². The van der Waals surface area contributed by atoms with Crippen molar-refractivity contribution in [1.82, 2.24) is 5.32 Å². The Morgan fingerprint density at radius 3 is 2.39 bits per heavy atom. The second-order valence-electron chi connectivity index (χ2n) is 8.13. The average Bonchev–Trinajstić information content (AvgIpc) is 3.14. The summed E-state index contributed by atoms with van der Waals surface area (Å²) in [5.41, 5.74) is 3.28. The van der Waals surface area contributed by atoms with Gasteiger partial charge in [0.2, 0.25) is 0 Å². The van der Waals surface area contributed by atoms with Crippen molar-refractivity contribution >= 4 is 28.5 Å². The van der Waals surface area contributed by atoms with Gasteiger partial charge in [0.05, 0.1) is 19.6 Å². The predicted molar refractivity (Wildman–Crippen MR) is 129 cm³/mol. The first kappa shape index (κ1) is 24.2. The van der Waals surface area contributed by atoms with Crippen molar-refractivity contribution in [1.29, 1.82) is 0 Å². The second-order valence-corrected chi connectivity index (χ2v) is 8.13. The van der Waals surface area contributed by atoms with Gasteiger partial charge in [0.15, 0.2) is 0 Å². The minimum Gasteiger partial charge on any atom is -0.497 e. The van der Waals surface area contributed by atoms with Crippen molar-refractivity contribution in [3.05, 3.63) is 59.4 Å². The number of furan rings is 1. The Morgan fingerprint density at radius 1 is 1.09 bits per heavy atom. The number of hydrogen-bond acceptors (Lipinski definition) is 5. The molecule has 176 valence electrons. The molecule has 2 aromatic carbocycles. The van der Waals surface area contributed by atoms with E-state index in [1.165, 1.54) is 0 Å². The maximum Gasteiger partial charge on any atom is 0.305 e. The summed E-state index contributed by atoms with van der Waals surface area (Å²) in [6.45, 7) is 6.52. The van der Waals surface area contributed by atoms with E-state index in [4.69, 9.17) is 14.3 Å². The maximum absolute atomic E-state index is 12.2. The summed E-state index contributed by atoms with van der Waals surface area (Å²) in [5.74, 6) is 0.817. The molecule has 1 aromatic heterocycles. The first-order valence-corrected chi connectivity index (χ1v) is 11.3. The van der Waals surface area contributed by atoms with Gasteiger partial charge in [-0.15, -0.1) is 0 Å². The van der Waals surface area contributed by atoms with Crippen LogP contribution in [0.1, 0.15) is 60.8 Å². The summed E-state index contributed by atoms with van der Waals surface area (Å²) < 4.78 is 11.7. The molecule has 0 saturated carbocycles. The van der Waals surface area contributed by atoms with Crippen molar-refractivity contribution in [2.24, 2.45) is 5.92 Å². The van der Waals surface area contributed by atoms with Gasteiger partial charge in [0, 0.05) is 28.7 Å². The van der Waals surface area contributed by atoms with Crippen LogP contribution in [0.15, 0.2) is 46.9 Å². The number of anilines is 1. The molecule has 1 atom stereocenters. The highest BCUT2D eigenvalue weighted by atomic mass is 16.5. The molecule has 0 aliphatic heterocycles. The number of hydrogen-bond donors (Lipinski definition) is 3. The number of carboxylic acids is 1. The van der Waals surface area contributed by atoms with E-state index in [2.05, 4.69) is 31.4 Å². The fourth-order valence-electron chi connectivity index (χ4n) is 4.08. The summed E-state index contributed by atoms with van der Waals surface area (Å²) in [7, 11) is 1.65. The highest BCUT2D eigenvalue weighted by Crippen LogP contribution is 2.38. The molecule has 1 amide bonds. The fraction of sp³-hybridized carbons (Fsp3) is 0.385. The molecule has 0 spiro atoms. The monoisotopic (exact) mass is 452 g/mol. The van der Waals surface area contributed by atoms with E-state index >= 15 is 0 Å². The Kier molecular flexibility index (Phi) is 7.98. The standard InChI is InChI=1S/C26H32N2O5/c1-5-17(6-2)24(25-16(3)21-15-20(32-4)11-12-22(21)33-25)28-19-9-7-18(8-10-19)26(31)27-14-13-23(29)30/h7-12,15,17,24,28H,5-6,13-14H2,1-4H3,(H,27,31)(H,29,30). The minimum absolute atomic E-state index is 0.0337. The third kappa shape index (κ3) is 5.66. The number of benzene rings is 2. The lowest BCUT2D eigenvalue weighted by molar-refractivity contribution is -0.136. The molecular weight excluding hydrogens is 420 g/mol. The van der Waals surface area contributed by atoms with Crippen LogP contribution in [0.2, 0.25) is 0 Å². The zero-order valence-electron chi connectivity index (χ0n) is 19.6. The lowest BCUT2D eigenvalue weighted by Gasteiger charge is -2.26. The quantitative estimate of drug-likeness (QED) is 0.353. The highest BCUT2D eigenvalue weighted by molar-refractivity contribution is 5.94. The van der Waals surface area contributed by atoms with E-state index in [0.717, 1.165) is 46.6 Å². The first-order chi connectivity index (χ1) is 15.9. The summed E-state index contributed by atoms with van der Waals surface area (Å²) >= 11 is 0. The molecule has 3 aromatic rings. The summed E-state index contributed by atoms with van der Waals surface area (Å²) in [6.07, 6.45) is 1.86. The van der Waals surface area contributed by atoms with Crippen LogP contribution in [0.25, 0.3) is 11.0 Å². The number of carbonyl (C=O) groups is 2. The maximum atomic E-state index is 12.2. The molecule has 0 radical (unpaired) electrons. The smallest absolute Gasteiger partial charge is 0.305 e. The van der Waals surface area contributed by atoms with Crippen molar-refractivity contribution in [2.45, 2.75) is 46.1 Å². The van der Waals surface area contributed by atoms with Crippen LogP contribution >= 0.6 is 0 Å². The van der Waals surface area contributed by atoms with Gasteiger partial charge in [0.1, 0.15) is 17.1 Å². The molecule has 3 rings (SSSR count). The van der Waals surface area contributed by atoms with Gasteiger partial charge in [-0.05, 0) is 55.3 Å². The number of methoxy groups -OCH3 is 1. The number of aryl methyl sites for hydroxylation is 1. The molecule has 1 unspecified atom stereocenters. The van der Waals surface area contributed by atoms with Crippen LogP contribution < -0.4 is 15.4 Å². The fourth-order valence-corrected chi connectivity index (χ4v) is 4.08. The number of aliphatic carboxylic acids is 1. The molecule has 33 heavy (non-hydrogen) atoms. The van der Waals surface area contributed by atoms with Crippen LogP contribution in [0.5, 0.6) is 5.75 Å². The molecule has 7 nitrogen and oxygen atoms in total. The average molecular weight is 453 g/mol. The van der Waals surface area contributed by atoms with E-state index < -0.39 is 5.97 Å². The van der Waals surface area contributed by atoms with Gasteiger partial charge in [-0.3, -0.25) is 9.59 Å². The molecule has 0 aliphatic carbocycles. The van der Waals surface area contributed by atoms with Crippen molar-refractivity contribution in [3.8, 4) is 5.75 Å². The van der Waals surface area contributed by atoms with Crippen LogP contribution in [-0.2, 0) is 4.79 Å².